The number of nitrogens with two attached hydrogens (primary N) is 1. The van der Waals surface area contributed by atoms with E-state index >= 15 is 0 Å². The van der Waals surface area contributed by atoms with E-state index in [4.69, 9.17) is 5.73 Å². The van der Waals surface area contributed by atoms with Crippen LogP contribution in [-0.2, 0) is 24.1 Å². The number of methoxy groups -OCH3 is 1. The number of halogens is 1. The standard InChI is InChI=1S/C20H24N4O2.HI/c1-26-20(25)23-16-11-9-14(10-12-16)13-22-19(21)24-18-8-4-6-15-5-2-3-7-17(15)18;/h4,6,8-12H,2-3,5,7,13H2,1H3,(H,23,25)(H3,21,22,24);1H. The second-order valence-electron chi connectivity index (χ2n) is 6.29. The molecule has 27 heavy (non-hydrogen) atoms. The summed E-state index contributed by atoms with van der Waals surface area (Å²) in [7, 11) is 1.33. The molecule has 0 heterocycles. The Bertz CT molecular complexity index is 806. The summed E-state index contributed by atoms with van der Waals surface area (Å²) in [4.78, 5) is 15.6. The van der Waals surface area contributed by atoms with Crippen molar-refractivity contribution in [2.75, 3.05) is 17.7 Å². The molecule has 0 saturated carbocycles. The normalized spacial score (nSPS) is 13.1. The fraction of sp³-hybridized carbons (Fsp3) is 0.300. The summed E-state index contributed by atoms with van der Waals surface area (Å²) in [5, 5.41) is 5.85. The number of nitrogens with one attached hydrogen (secondary N) is 2. The number of aliphatic imine (C=N–C) groups is 1. The van der Waals surface area contributed by atoms with Crippen LogP contribution in [0, 0.1) is 0 Å². The van der Waals surface area contributed by atoms with Gasteiger partial charge in [0, 0.05) is 11.4 Å². The summed E-state index contributed by atoms with van der Waals surface area (Å²) in [5.41, 5.74) is 11.6. The molecule has 3 rings (SSSR count). The molecule has 2 aromatic carbocycles. The van der Waals surface area contributed by atoms with Crippen LogP contribution in [0.25, 0.3) is 0 Å². The zero-order valence-corrected chi connectivity index (χ0v) is 17.7. The Balaban J connectivity index is 0.00000261. The third-order valence-electron chi connectivity index (χ3n) is 4.48. The molecule has 1 amide bonds. The van der Waals surface area contributed by atoms with Crippen LogP contribution in [0.5, 0.6) is 0 Å². The van der Waals surface area contributed by atoms with E-state index < -0.39 is 6.09 Å². The minimum absolute atomic E-state index is 0. The number of hydrogen-bond acceptors (Lipinski definition) is 3. The van der Waals surface area contributed by atoms with Crippen LogP contribution in [0.2, 0.25) is 0 Å². The molecule has 144 valence electrons. The zero-order chi connectivity index (χ0) is 18.4. The van der Waals surface area contributed by atoms with E-state index in [9.17, 15) is 4.79 Å². The molecule has 0 spiro atoms. The van der Waals surface area contributed by atoms with Gasteiger partial charge in [0.1, 0.15) is 0 Å². The number of aryl methyl sites for hydroxylation is 1. The van der Waals surface area contributed by atoms with Crippen molar-refractivity contribution in [3.63, 3.8) is 0 Å². The first-order valence-corrected chi connectivity index (χ1v) is 8.77. The Hall–Kier alpha value is -2.29. The van der Waals surface area contributed by atoms with E-state index in [1.165, 1.54) is 31.1 Å². The maximum absolute atomic E-state index is 11.2. The molecule has 0 saturated heterocycles. The van der Waals surface area contributed by atoms with Crippen molar-refractivity contribution in [3.05, 3.63) is 59.2 Å². The largest absolute Gasteiger partial charge is 0.453 e. The van der Waals surface area contributed by atoms with Crippen molar-refractivity contribution in [1.29, 1.82) is 0 Å². The third-order valence-corrected chi connectivity index (χ3v) is 4.48. The minimum Gasteiger partial charge on any atom is -0.453 e. The molecule has 1 aliphatic rings. The highest BCUT2D eigenvalue weighted by Crippen LogP contribution is 2.27. The lowest BCUT2D eigenvalue weighted by Gasteiger charge is -2.19. The van der Waals surface area contributed by atoms with E-state index in [0.717, 1.165) is 24.1 Å². The smallest absolute Gasteiger partial charge is 0.411 e. The van der Waals surface area contributed by atoms with Gasteiger partial charge in [-0.1, -0.05) is 24.3 Å². The van der Waals surface area contributed by atoms with Gasteiger partial charge >= 0.3 is 6.09 Å². The Morgan fingerprint density at radius 2 is 1.85 bits per heavy atom. The summed E-state index contributed by atoms with van der Waals surface area (Å²) in [5.74, 6) is 0.403. The lowest BCUT2D eigenvalue weighted by molar-refractivity contribution is 0.187. The Morgan fingerprint density at radius 1 is 1.11 bits per heavy atom. The topological polar surface area (TPSA) is 88.7 Å². The molecule has 0 bridgehead atoms. The molecule has 4 N–H and O–H groups in total. The van der Waals surface area contributed by atoms with Crippen molar-refractivity contribution >= 4 is 47.4 Å². The summed E-state index contributed by atoms with van der Waals surface area (Å²) in [6.07, 6.45) is 4.19. The maximum Gasteiger partial charge on any atom is 0.411 e. The van der Waals surface area contributed by atoms with Crippen LogP contribution in [0.15, 0.2) is 47.5 Å². The van der Waals surface area contributed by atoms with Crippen LogP contribution in [0.3, 0.4) is 0 Å². The lowest BCUT2D eigenvalue weighted by Crippen LogP contribution is -2.24. The fourth-order valence-electron chi connectivity index (χ4n) is 3.11. The van der Waals surface area contributed by atoms with E-state index in [0.29, 0.717) is 18.2 Å². The fourth-order valence-corrected chi connectivity index (χ4v) is 3.11. The van der Waals surface area contributed by atoms with Gasteiger partial charge in [-0.2, -0.15) is 0 Å². The predicted octanol–water partition coefficient (Wildman–Crippen LogP) is 4.29. The number of amides is 1. The van der Waals surface area contributed by atoms with E-state index in [1.807, 2.05) is 12.1 Å². The van der Waals surface area contributed by atoms with Crippen LogP contribution in [0.1, 0.15) is 29.5 Å². The SMILES string of the molecule is COC(=O)Nc1ccc(CN=C(N)Nc2cccc3c2CCCC3)cc1.I. The van der Waals surface area contributed by atoms with E-state index in [2.05, 4.69) is 38.6 Å². The first-order valence-electron chi connectivity index (χ1n) is 8.77. The van der Waals surface area contributed by atoms with Gasteiger partial charge in [0.25, 0.3) is 0 Å². The highest BCUT2D eigenvalue weighted by molar-refractivity contribution is 14.0. The maximum atomic E-state index is 11.2. The third kappa shape index (κ3) is 5.85. The first kappa shape index (κ1) is 21.0. The van der Waals surface area contributed by atoms with Gasteiger partial charge in [0.15, 0.2) is 5.96 Å². The average Bonchev–Trinajstić information content (AvgIpc) is 2.67. The van der Waals surface area contributed by atoms with Gasteiger partial charge < -0.3 is 15.8 Å². The molecule has 0 fully saturated rings. The molecule has 0 radical (unpaired) electrons. The van der Waals surface area contributed by atoms with Crippen LogP contribution in [-0.4, -0.2) is 19.2 Å². The molecule has 0 unspecified atom stereocenters. The molecule has 6 nitrogen and oxygen atoms in total. The number of guanidine groups is 1. The molecule has 0 aromatic heterocycles. The van der Waals surface area contributed by atoms with Crippen molar-refractivity contribution in [2.24, 2.45) is 10.7 Å². The highest BCUT2D eigenvalue weighted by Gasteiger charge is 2.13. The van der Waals surface area contributed by atoms with Crippen LogP contribution < -0.4 is 16.4 Å². The van der Waals surface area contributed by atoms with Gasteiger partial charge in [0.05, 0.1) is 13.7 Å². The quantitative estimate of drug-likeness (QED) is 0.346. The second kappa shape index (κ2) is 10.1. The number of rotatable bonds is 4. The highest BCUT2D eigenvalue weighted by atomic mass is 127. The summed E-state index contributed by atoms with van der Waals surface area (Å²) >= 11 is 0. The number of hydrogen-bond donors (Lipinski definition) is 3. The van der Waals surface area contributed by atoms with Crippen molar-refractivity contribution in [2.45, 2.75) is 32.2 Å². The molecule has 2 aromatic rings. The molecule has 7 heteroatoms. The number of carbonyl (C=O) groups is 1. The molecule has 0 atom stereocenters. The lowest BCUT2D eigenvalue weighted by atomic mass is 9.90. The molecule has 0 aliphatic heterocycles. The second-order valence-corrected chi connectivity index (χ2v) is 6.29. The monoisotopic (exact) mass is 480 g/mol. The summed E-state index contributed by atoms with van der Waals surface area (Å²) in [6, 6.07) is 13.7. The number of anilines is 2. The number of ether oxygens (including phenoxy) is 1. The van der Waals surface area contributed by atoms with Crippen LogP contribution >= 0.6 is 24.0 Å². The minimum atomic E-state index is -0.490. The summed E-state index contributed by atoms with van der Waals surface area (Å²) in [6.45, 7) is 0.465. The first-order chi connectivity index (χ1) is 12.7. The molecule has 1 aliphatic carbocycles. The number of nitrogens with zero attached hydrogens (tertiary/aromatic N) is 1. The van der Waals surface area contributed by atoms with Gasteiger partial charge in [-0.15, -0.1) is 24.0 Å². The van der Waals surface area contributed by atoms with Crippen molar-refractivity contribution in [3.8, 4) is 0 Å². The Labute approximate surface area is 176 Å². The van der Waals surface area contributed by atoms with Crippen molar-refractivity contribution < 1.29 is 9.53 Å². The van der Waals surface area contributed by atoms with E-state index in [-0.39, 0.29) is 24.0 Å². The molecular weight excluding hydrogens is 455 g/mol. The van der Waals surface area contributed by atoms with Gasteiger partial charge in [0.2, 0.25) is 0 Å². The van der Waals surface area contributed by atoms with Gasteiger partial charge in [-0.3, -0.25) is 5.32 Å². The zero-order valence-electron chi connectivity index (χ0n) is 15.3. The van der Waals surface area contributed by atoms with Crippen molar-refractivity contribution in [1.82, 2.24) is 0 Å². The van der Waals surface area contributed by atoms with Gasteiger partial charge in [-0.25, -0.2) is 9.79 Å². The average molecular weight is 480 g/mol. The summed E-state index contributed by atoms with van der Waals surface area (Å²) < 4.78 is 4.56. The Kier molecular flexibility index (Phi) is 7.90. The number of carbonyl (C=O) groups excluding carboxylic acids is 1. The van der Waals surface area contributed by atoms with Crippen LogP contribution in [0.4, 0.5) is 16.2 Å². The van der Waals surface area contributed by atoms with E-state index in [1.54, 1.807) is 12.1 Å². The predicted molar refractivity (Wildman–Crippen MR) is 120 cm³/mol. The Morgan fingerprint density at radius 3 is 2.59 bits per heavy atom. The molecular formula is C20H25IN4O2. The number of fused-ring (bicyclic) bond motifs is 1. The number of benzene rings is 2. The van der Waals surface area contributed by atoms with Gasteiger partial charge in [-0.05, 0) is 60.6 Å².